The van der Waals surface area contributed by atoms with Crippen molar-refractivity contribution in [3.8, 4) is 0 Å². The molecule has 0 bridgehead atoms. The molecule has 0 unspecified atom stereocenters. The van der Waals surface area contributed by atoms with Crippen molar-refractivity contribution in [2.45, 2.75) is 26.3 Å². The molecule has 0 aliphatic heterocycles. The highest BCUT2D eigenvalue weighted by molar-refractivity contribution is 14.0. The van der Waals surface area contributed by atoms with E-state index >= 15 is 0 Å². The smallest absolute Gasteiger partial charge is 0.193 e. The molecule has 0 spiro atoms. The molecule has 5 nitrogen and oxygen atoms in total. The van der Waals surface area contributed by atoms with Crippen LogP contribution in [0.1, 0.15) is 31.0 Å². The number of anilines is 2. The molecular formula is C16H24IN5S. The number of nitrogens with two attached hydrogens (primary N) is 1. The first-order chi connectivity index (χ1) is 10.5. The minimum Gasteiger partial charge on any atom is -0.370 e. The molecule has 0 aliphatic carbocycles. The zero-order valence-corrected chi connectivity index (χ0v) is 17.1. The monoisotopic (exact) mass is 445 g/mol. The van der Waals surface area contributed by atoms with Crippen molar-refractivity contribution in [3.63, 3.8) is 0 Å². The summed E-state index contributed by atoms with van der Waals surface area (Å²) in [6.45, 7) is 4.81. The van der Waals surface area contributed by atoms with Gasteiger partial charge in [-0.25, -0.2) is 9.98 Å². The van der Waals surface area contributed by atoms with Gasteiger partial charge in [0.1, 0.15) is 0 Å². The van der Waals surface area contributed by atoms with Gasteiger partial charge in [0.15, 0.2) is 11.1 Å². The zero-order chi connectivity index (χ0) is 16.1. The van der Waals surface area contributed by atoms with Gasteiger partial charge in [0.2, 0.25) is 0 Å². The highest BCUT2D eigenvalue weighted by Crippen LogP contribution is 2.19. The minimum atomic E-state index is 0. The Bertz CT molecular complexity index is 651. The summed E-state index contributed by atoms with van der Waals surface area (Å²) in [4.78, 5) is 10.8. The maximum Gasteiger partial charge on any atom is 0.193 e. The normalized spacial score (nSPS) is 11.3. The maximum absolute atomic E-state index is 5.95. The van der Waals surface area contributed by atoms with E-state index in [4.69, 9.17) is 5.73 Å². The summed E-state index contributed by atoms with van der Waals surface area (Å²) in [6.07, 6.45) is 0. The first kappa shape index (κ1) is 19.7. The van der Waals surface area contributed by atoms with Crippen molar-refractivity contribution in [2.24, 2.45) is 10.7 Å². The fourth-order valence-corrected chi connectivity index (χ4v) is 2.65. The molecule has 0 amide bonds. The SMILES string of the molecule is CC(C)c1cccc(NC(N)=NCc2csc(N(C)C)n2)c1.I. The second-order valence-corrected chi connectivity index (χ2v) is 6.46. The van der Waals surface area contributed by atoms with Crippen molar-refractivity contribution in [2.75, 3.05) is 24.3 Å². The number of nitrogens with one attached hydrogen (secondary N) is 1. The summed E-state index contributed by atoms with van der Waals surface area (Å²) in [6, 6.07) is 8.22. The Hall–Kier alpha value is -1.35. The van der Waals surface area contributed by atoms with Crippen LogP contribution in [0.3, 0.4) is 0 Å². The zero-order valence-electron chi connectivity index (χ0n) is 13.9. The Morgan fingerprint density at radius 3 is 2.74 bits per heavy atom. The van der Waals surface area contributed by atoms with Crippen LogP contribution < -0.4 is 16.0 Å². The van der Waals surface area contributed by atoms with E-state index in [0.29, 0.717) is 18.4 Å². The molecule has 0 atom stereocenters. The lowest BCUT2D eigenvalue weighted by atomic mass is 10.0. The van der Waals surface area contributed by atoms with E-state index in [9.17, 15) is 0 Å². The van der Waals surface area contributed by atoms with Crippen molar-refractivity contribution in [1.29, 1.82) is 0 Å². The van der Waals surface area contributed by atoms with Gasteiger partial charge >= 0.3 is 0 Å². The summed E-state index contributed by atoms with van der Waals surface area (Å²) in [5.74, 6) is 0.889. The third kappa shape index (κ3) is 5.98. The standard InChI is InChI=1S/C16H23N5S.HI/c1-11(2)12-6-5-7-13(8-12)19-15(17)18-9-14-10-22-16(20-14)21(3)4;/h5-8,10-11H,9H2,1-4H3,(H3,17,18,19);1H. The number of aliphatic imine (C=N–C) groups is 1. The number of halogens is 1. The van der Waals surface area contributed by atoms with Crippen LogP contribution in [-0.4, -0.2) is 25.0 Å². The first-order valence-corrected chi connectivity index (χ1v) is 8.12. The number of rotatable bonds is 5. The van der Waals surface area contributed by atoms with E-state index in [1.165, 1.54) is 5.56 Å². The van der Waals surface area contributed by atoms with Gasteiger partial charge in [0.25, 0.3) is 0 Å². The molecule has 1 aromatic heterocycles. The number of nitrogens with zero attached hydrogens (tertiary/aromatic N) is 3. The van der Waals surface area contributed by atoms with Crippen LogP contribution in [0.5, 0.6) is 0 Å². The van der Waals surface area contributed by atoms with E-state index in [0.717, 1.165) is 16.5 Å². The molecule has 0 radical (unpaired) electrons. The predicted octanol–water partition coefficient (Wildman–Crippen LogP) is 3.88. The van der Waals surface area contributed by atoms with Gasteiger partial charge in [-0.1, -0.05) is 26.0 Å². The van der Waals surface area contributed by atoms with Gasteiger partial charge in [-0.2, -0.15) is 0 Å². The highest BCUT2D eigenvalue weighted by atomic mass is 127. The van der Waals surface area contributed by atoms with Gasteiger partial charge in [0, 0.05) is 25.2 Å². The maximum atomic E-state index is 5.95. The summed E-state index contributed by atoms with van der Waals surface area (Å²) in [5.41, 5.74) is 9.11. The van der Waals surface area contributed by atoms with E-state index in [2.05, 4.69) is 41.3 Å². The average Bonchev–Trinajstić information content (AvgIpc) is 2.94. The number of hydrogen-bond acceptors (Lipinski definition) is 4. The van der Waals surface area contributed by atoms with E-state index < -0.39 is 0 Å². The average molecular weight is 445 g/mol. The van der Waals surface area contributed by atoms with E-state index in [1.807, 2.05) is 36.5 Å². The van der Waals surface area contributed by atoms with Gasteiger partial charge in [0.05, 0.1) is 12.2 Å². The van der Waals surface area contributed by atoms with E-state index in [1.54, 1.807) is 11.3 Å². The van der Waals surface area contributed by atoms with Crippen molar-refractivity contribution >= 4 is 52.1 Å². The van der Waals surface area contributed by atoms with Crippen LogP contribution in [0.2, 0.25) is 0 Å². The van der Waals surface area contributed by atoms with Crippen LogP contribution in [0, 0.1) is 0 Å². The Morgan fingerprint density at radius 1 is 1.39 bits per heavy atom. The second kappa shape index (κ2) is 9.07. The first-order valence-electron chi connectivity index (χ1n) is 7.24. The molecule has 1 aromatic carbocycles. The number of guanidine groups is 1. The Kier molecular flexibility index (Phi) is 7.77. The number of hydrogen-bond donors (Lipinski definition) is 2. The third-order valence-corrected chi connectivity index (χ3v) is 4.22. The van der Waals surface area contributed by atoms with Gasteiger partial charge in [-0.3, -0.25) is 0 Å². The predicted molar refractivity (Wildman–Crippen MR) is 111 cm³/mol. The molecule has 0 saturated heterocycles. The fourth-order valence-electron chi connectivity index (χ4n) is 1.90. The summed E-state index contributed by atoms with van der Waals surface area (Å²) >= 11 is 1.60. The quantitative estimate of drug-likeness (QED) is 0.417. The largest absolute Gasteiger partial charge is 0.370 e. The molecule has 2 aromatic rings. The highest BCUT2D eigenvalue weighted by Gasteiger charge is 2.04. The van der Waals surface area contributed by atoms with Crippen LogP contribution in [-0.2, 0) is 6.54 Å². The van der Waals surface area contributed by atoms with Crippen LogP contribution in [0.15, 0.2) is 34.6 Å². The van der Waals surface area contributed by atoms with Crippen molar-refractivity contribution < 1.29 is 0 Å². The lowest BCUT2D eigenvalue weighted by Gasteiger charge is -2.09. The molecular weight excluding hydrogens is 421 g/mol. The molecule has 0 aliphatic rings. The van der Waals surface area contributed by atoms with Crippen LogP contribution >= 0.6 is 35.3 Å². The Morgan fingerprint density at radius 2 is 2.13 bits per heavy atom. The molecule has 126 valence electrons. The number of benzene rings is 1. The van der Waals surface area contributed by atoms with Crippen LogP contribution in [0.4, 0.5) is 10.8 Å². The lowest BCUT2D eigenvalue weighted by molar-refractivity contribution is 0.867. The second-order valence-electron chi connectivity index (χ2n) is 5.62. The lowest BCUT2D eigenvalue weighted by Crippen LogP contribution is -2.22. The third-order valence-electron chi connectivity index (χ3n) is 3.16. The van der Waals surface area contributed by atoms with E-state index in [-0.39, 0.29) is 24.0 Å². The summed E-state index contributed by atoms with van der Waals surface area (Å²) in [5, 5.41) is 6.11. The molecule has 0 fully saturated rings. The molecule has 3 N–H and O–H groups in total. The van der Waals surface area contributed by atoms with Crippen molar-refractivity contribution in [1.82, 2.24) is 4.98 Å². The molecule has 1 heterocycles. The number of aromatic nitrogens is 1. The summed E-state index contributed by atoms with van der Waals surface area (Å²) in [7, 11) is 3.95. The molecule has 7 heteroatoms. The van der Waals surface area contributed by atoms with Gasteiger partial charge in [-0.15, -0.1) is 35.3 Å². The molecule has 23 heavy (non-hydrogen) atoms. The fraction of sp³-hybridized carbons (Fsp3) is 0.375. The number of thiazole rings is 1. The van der Waals surface area contributed by atoms with Crippen molar-refractivity contribution in [3.05, 3.63) is 40.9 Å². The minimum absolute atomic E-state index is 0. The summed E-state index contributed by atoms with van der Waals surface area (Å²) < 4.78 is 0. The Balaban J connectivity index is 0.00000264. The van der Waals surface area contributed by atoms with Crippen LogP contribution in [0.25, 0.3) is 0 Å². The Labute approximate surface area is 159 Å². The molecule has 0 saturated carbocycles. The topological polar surface area (TPSA) is 66.5 Å². The van der Waals surface area contributed by atoms with Gasteiger partial charge < -0.3 is 16.0 Å². The molecule has 2 rings (SSSR count). The van der Waals surface area contributed by atoms with Gasteiger partial charge in [-0.05, 0) is 23.6 Å².